The third kappa shape index (κ3) is 5.47. The molecule has 1 unspecified atom stereocenters. The summed E-state index contributed by atoms with van der Waals surface area (Å²) in [5.74, 6) is 0.0182. The summed E-state index contributed by atoms with van der Waals surface area (Å²) in [6.07, 6.45) is 2.04. The van der Waals surface area contributed by atoms with Crippen molar-refractivity contribution < 1.29 is 9.53 Å². The van der Waals surface area contributed by atoms with E-state index in [4.69, 9.17) is 10.5 Å². The van der Waals surface area contributed by atoms with Crippen molar-refractivity contribution in [3.05, 3.63) is 0 Å². The zero-order valence-corrected chi connectivity index (χ0v) is 11.2. The normalized spacial score (nSPS) is 15.6. The lowest BCUT2D eigenvalue weighted by Crippen LogP contribution is -2.48. The van der Waals surface area contributed by atoms with E-state index in [-0.39, 0.29) is 11.4 Å². The second-order valence-electron chi connectivity index (χ2n) is 5.14. The first kappa shape index (κ1) is 15.4. The lowest BCUT2D eigenvalue weighted by atomic mass is 9.93. The Kier molecular flexibility index (Phi) is 5.97. The van der Waals surface area contributed by atoms with E-state index in [2.05, 4.69) is 12.2 Å². The topological polar surface area (TPSA) is 64.3 Å². The standard InChI is InChI=1S/C12H26N2O2/c1-6-12(4,7-8-13)14-10(15)9-11(2,3)16-5/h6-9,13H2,1-5H3,(H,14,15). The van der Waals surface area contributed by atoms with Crippen LogP contribution in [0.5, 0.6) is 0 Å². The molecule has 4 heteroatoms. The molecule has 0 spiro atoms. The van der Waals surface area contributed by atoms with Crippen LogP contribution < -0.4 is 11.1 Å². The van der Waals surface area contributed by atoms with Crippen LogP contribution in [0.4, 0.5) is 0 Å². The van der Waals surface area contributed by atoms with E-state index >= 15 is 0 Å². The van der Waals surface area contributed by atoms with Crippen LogP contribution in [0.2, 0.25) is 0 Å². The largest absolute Gasteiger partial charge is 0.378 e. The van der Waals surface area contributed by atoms with E-state index in [9.17, 15) is 4.79 Å². The smallest absolute Gasteiger partial charge is 0.223 e. The van der Waals surface area contributed by atoms with Crippen molar-refractivity contribution in [3.63, 3.8) is 0 Å². The van der Waals surface area contributed by atoms with Crippen LogP contribution >= 0.6 is 0 Å². The number of nitrogens with two attached hydrogens (primary N) is 1. The van der Waals surface area contributed by atoms with Gasteiger partial charge in [0.25, 0.3) is 0 Å². The Morgan fingerprint density at radius 3 is 2.31 bits per heavy atom. The molecule has 1 atom stereocenters. The number of rotatable bonds is 7. The quantitative estimate of drug-likeness (QED) is 0.695. The van der Waals surface area contributed by atoms with Crippen molar-refractivity contribution >= 4 is 5.91 Å². The van der Waals surface area contributed by atoms with Gasteiger partial charge in [0.05, 0.1) is 12.0 Å². The van der Waals surface area contributed by atoms with Gasteiger partial charge >= 0.3 is 0 Å². The summed E-state index contributed by atoms with van der Waals surface area (Å²) in [6, 6.07) is 0. The molecule has 0 aromatic carbocycles. The lowest BCUT2D eigenvalue weighted by molar-refractivity contribution is -0.128. The number of carbonyl (C=O) groups is 1. The first-order valence-corrected chi connectivity index (χ1v) is 5.85. The Balaban J connectivity index is 4.32. The minimum Gasteiger partial charge on any atom is -0.378 e. The summed E-state index contributed by atoms with van der Waals surface area (Å²) in [6.45, 7) is 8.46. The average molecular weight is 230 g/mol. The van der Waals surface area contributed by atoms with E-state index in [0.717, 1.165) is 12.8 Å². The highest BCUT2D eigenvalue weighted by atomic mass is 16.5. The predicted octanol–water partition coefficient (Wildman–Crippen LogP) is 1.44. The molecular weight excluding hydrogens is 204 g/mol. The van der Waals surface area contributed by atoms with Gasteiger partial charge in [-0.2, -0.15) is 0 Å². The molecule has 0 heterocycles. The fraction of sp³-hybridized carbons (Fsp3) is 0.917. The van der Waals surface area contributed by atoms with Crippen molar-refractivity contribution in [1.29, 1.82) is 0 Å². The second kappa shape index (κ2) is 6.21. The van der Waals surface area contributed by atoms with Gasteiger partial charge in [0.1, 0.15) is 0 Å². The molecule has 96 valence electrons. The van der Waals surface area contributed by atoms with Gasteiger partial charge in [-0.05, 0) is 40.2 Å². The first-order valence-electron chi connectivity index (χ1n) is 5.85. The molecule has 0 fully saturated rings. The molecular formula is C12H26N2O2. The van der Waals surface area contributed by atoms with E-state index < -0.39 is 5.60 Å². The molecule has 0 radical (unpaired) electrons. The van der Waals surface area contributed by atoms with E-state index in [1.54, 1.807) is 7.11 Å². The lowest BCUT2D eigenvalue weighted by Gasteiger charge is -2.31. The van der Waals surface area contributed by atoms with Crippen molar-refractivity contribution in [3.8, 4) is 0 Å². The van der Waals surface area contributed by atoms with Crippen molar-refractivity contribution in [2.75, 3.05) is 13.7 Å². The van der Waals surface area contributed by atoms with Gasteiger partial charge in [-0.15, -0.1) is 0 Å². The Hall–Kier alpha value is -0.610. The summed E-state index contributed by atoms with van der Waals surface area (Å²) in [4.78, 5) is 11.8. The van der Waals surface area contributed by atoms with Crippen LogP contribution in [-0.4, -0.2) is 30.7 Å². The zero-order valence-electron chi connectivity index (χ0n) is 11.2. The summed E-state index contributed by atoms with van der Waals surface area (Å²) >= 11 is 0. The van der Waals surface area contributed by atoms with Gasteiger partial charge in [-0.3, -0.25) is 4.79 Å². The molecule has 0 aliphatic rings. The molecule has 0 bridgehead atoms. The zero-order chi connectivity index (χ0) is 12.8. The highest BCUT2D eigenvalue weighted by Gasteiger charge is 2.27. The van der Waals surface area contributed by atoms with Crippen LogP contribution in [0.25, 0.3) is 0 Å². The number of hydrogen-bond donors (Lipinski definition) is 2. The SMILES string of the molecule is CCC(C)(CCN)NC(=O)CC(C)(C)OC. The maximum absolute atomic E-state index is 11.8. The third-order valence-electron chi connectivity index (χ3n) is 3.06. The maximum Gasteiger partial charge on any atom is 0.223 e. The summed E-state index contributed by atoms with van der Waals surface area (Å²) in [5, 5.41) is 3.04. The average Bonchev–Trinajstić information content (AvgIpc) is 2.17. The van der Waals surface area contributed by atoms with Gasteiger partial charge in [0.15, 0.2) is 0 Å². The maximum atomic E-state index is 11.8. The summed E-state index contributed by atoms with van der Waals surface area (Å²) in [5.41, 5.74) is 4.93. The van der Waals surface area contributed by atoms with E-state index in [1.165, 1.54) is 0 Å². The molecule has 0 aliphatic heterocycles. The number of nitrogens with one attached hydrogen (secondary N) is 1. The molecule has 0 aromatic heterocycles. The van der Waals surface area contributed by atoms with Crippen molar-refractivity contribution in [2.24, 2.45) is 5.73 Å². The minimum atomic E-state index is -0.415. The van der Waals surface area contributed by atoms with Crippen LogP contribution in [0.1, 0.15) is 47.0 Å². The number of amides is 1. The molecule has 3 N–H and O–H groups in total. The Bertz CT molecular complexity index is 229. The summed E-state index contributed by atoms with van der Waals surface area (Å²) < 4.78 is 5.23. The van der Waals surface area contributed by atoms with E-state index in [1.807, 2.05) is 20.8 Å². The van der Waals surface area contributed by atoms with Gasteiger partial charge < -0.3 is 15.8 Å². The van der Waals surface area contributed by atoms with Crippen molar-refractivity contribution in [1.82, 2.24) is 5.32 Å². The Morgan fingerprint density at radius 1 is 1.38 bits per heavy atom. The van der Waals surface area contributed by atoms with Gasteiger partial charge in [0.2, 0.25) is 5.91 Å². The molecule has 0 rings (SSSR count). The molecule has 0 saturated carbocycles. The number of hydrogen-bond acceptors (Lipinski definition) is 3. The van der Waals surface area contributed by atoms with Gasteiger partial charge in [-0.1, -0.05) is 6.92 Å². The number of ether oxygens (including phenoxy) is 1. The first-order chi connectivity index (χ1) is 7.28. The number of carbonyl (C=O) groups excluding carboxylic acids is 1. The van der Waals surface area contributed by atoms with Crippen LogP contribution in [0.3, 0.4) is 0 Å². The Morgan fingerprint density at radius 2 is 1.94 bits per heavy atom. The molecule has 0 saturated heterocycles. The number of methoxy groups -OCH3 is 1. The fourth-order valence-electron chi connectivity index (χ4n) is 1.49. The second-order valence-corrected chi connectivity index (χ2v) is 5.14. The monoisotopic (exact) mass is 230 g/mol. The Labute approximate surface area is 98.9 Å². The molecule has 16 heavy (non-hydrogen) atoms. The summed E-state index contributed by atoms with van der Waals surface area (Å²) in [7, 11) is 1.62. The molecule has 1 amide bonds. The van der Waals surface area contributed by atoms with E-state index in [0.29, 0.717) is 13.0 Å². The van der Waals surface area contributed by atoms with Crippen LogP contribution in [-0.2, 0) is 9.53 Å². The third-order valence-corrected chi connectivity index (χ3v) is 3.06. The van der Waals surface area contributed by atoms with Crippen LogP contribution in [0, 0.1) is 0 Å². The molecule has 4 nitrogen and oxygen atoms in total. The minimum absolute atomic E-state index is 0.0182. The van der Waals surface area contributed by atoms with Crippen LogP contribution in [0.15, 0.2) is 0 Å². The highest BCUT2D eigenvalue weighted by Crippen LogP contribution is 2.17. The van der Waals surface area contributed by atoms with Crippen molar-refractivity contribution in [2.45, 2.75) is 58.1 Å². The highest BCUT2D eigenvalue weighted by molar-refractivity contribution is 5.77. The predicted molar refractivity (Wildman–Crippen MR) is 66.2 cm³/mol. The van der Waals surface area contributed by atoms with Gasteiger partial charge in [0, 0.05) is 12.6 Å². The molecule has 0 aromatic rings. The molecule has 0 aliphatic carbocycles. The fourth-order valence-corrected chi connectivity index (χ4v) is 1.49. The van der Waals surface area contributed by atoms with Gasteiger partial charge in [-0.25, -0.2) is 0 Å².